The molecule has 0 bridgehead atoms. The van der Waals surface area contributed by atoms with E-state index in [1.807, 2.05) is 26.0 Å². The molecule has 0 aliphatic carbocycles. The molecule has 2 heterocycles. The zero-order valence-corrected chi connectivity index (χ0v) is 19.5. The number of rotatable bonds is 8. The fourth-order valence-corrected chi connectivity index (χ4v) is 3.85. The van der Waals surface area contributed by atoms with Crippen LogP contribution in [0.15, 0.2) is 64.4 Å². The van der Waals surface area contributed by atoms with Crippen LogP contribution < -0.4 is 14.9 Å². The van der Waals surface area contributed by atoms with Gasteiger partial charge in [-0.3, -0.25) is 14.5 Å². The van der Waals surface area contributed by atoms with E-state index in [1.54, 1.807) is 30.3 Å². The zero-order valence-electron chi connectivity index (χ0n) is 19.5. The molecular formula is C27H29NO6. The summed E-state index contributed by atoms with van der Waals surface area (Å²) in [5.41, 5.74) is -0.507. The first kappa shape index (κ1) is 23.6. The Hall–Kier alpha value is -3.58. The van der Waals surface area contributed by atoms with Crippen molar-refractivity contribution in [2.75, 3.05) is 26.2 Å². The fourth-order valence-electron chi connectivity index (χ4n) is 3.85. The van der Waals surface area contributed by atoms with Crippen molar-refractivity contribution in [3.05, 3.63) is 65.4 Å². The van der Waals surface area contributed by atoms with E-state index < -0.39 is 5.60 Å². The summed E-state index contributed by atoms with van der Waals surface area (Å²) in [6.45, 7) is 10.1. The molecule has 0 atom stereocenters. The van der Waals surface area contributed by atoms with Crippen LogP contribution in [0.1, 0.15) is 26.7 Å². The Morgan fingerprint density at radius 1 is 1.15 bits per heavy atom. The van der Waals surface area contributed by atoms with Gasteiger partial charge >= 0.3 is 0 Å². The predicted molar refractivity (Wildman–Crippen MR) is 132 cm³/mol. The van der Waals surface area contributed by atoms with Gasteiger partial charge in [0.05, 0.1) is 5.39 Å². The molecule has 2 aromatic carbocycles. The Labute approximate surface area is 197 Å². The third-order valence-corrected chi connectivity index (χ3v) is 5.90. The lowest BCUT2D eigenvalue weighted by Gasteiger charge is -2.24. The van der Waals surface area contributed by atoms with Gasteiger partial charge in [0.2, 0.25) is 11.2 Å². The highest BCUT2D eigenvalue weighted by molar-refractivity contribution is 5.96. The number of phenolic OH excluding ortho intramolecular Hbond substituents is 1. The first-order valence-electron chi connectivity index (χ1n) is 11.3. The Balaban J connectivity index is 1.66. The molecule has 1 N–H and O–H groups in total. The van der Waals surface area contributed by atoms with Gasteiger partial charge in [-0.05, 0) is 44.2 Å². The highest BCUT2D eigenvalue weighted by Gasteiger charge is 2.23. The molecule has 0 amide bonds. The number of aromatic hydroxyl groups is 1. The largest absolute Gasteiger partial charge is 0.507 e. The number of fused-ring (bicyclic) bond motifs is 2. The molecule has 1 fully saturated rings. The topological polar surface area (TPSA) is 89.2 Å². The molecule has 0 saturated carbocycles. The van der Waals surface area contributed by atoms with Crippen LogP contribution in [-0.2, 0) is 4.79 Å². The highest BCUT2D eigenvalue weighted by Crippen LogP contribution is 2.39. The van der Waals surface area contributed by atoms with Crippen molar-refractivity contribution < 1.29 is 23.8 Å². The number of hydrogen-bond acceptors (Lipinski definition) is 7. The second-order valence-corrected chi connectivity index (χ2v) is 8.88. The van der Waals surface area contributed by atoms with Gasteiger partial charge in [0.15, 0.2) is 11.3 Å². The number of ketones is 1. The van der Waals surface area contributed by atoms with Crippen LogP contribution in [0.2, 0.25) is 0 Å². The summed E-state index contributed by atoms with van der Waals surface area (Å²) in [4.78, 5) is 26.7. The monoisotopic (exact) mass is 463 g/mol. The Morgan fingerprint density at radius 3 is 2.65 bits per heavy atom. The number of ether oxygens (including phenoxy) is 2. The molecule has 0 spiro atoms. The smallest absolute Gasteiger partial charge is 0.205 e. The van der Waals surface area contributed by atoms with Crippen LogP contribution in [0.5, 0.6) is 17.2 Å². The molecule has 1 saturated heterocycles. The number of phenols is 1. The molecule has 1 aromatic heterocycles. The van der Waals surface area contributed by atoms with Gasteiger partial charge in [0.25, 0.3) is 0 Å². The van der Waals surface area contributed by atoms with Gasteiger partial charge in [-0.25, -0.2) is 0 Å². The number of Topliss-reactive ketones (excluding diaryl/α,β-unsaturated/α-hetero) is 1. The maximum atomic E-state index is 13.1. The summed E-state index contributed by atoms with van der Waals surface area (Å²) in [7, 11) is 0. The van der Waals surface area contributed by atoms with E-state index in [1.165, 1.54) is 6.07 Å². The van der Waals surface area contributed by atoms with E-state index in [9.17, 15) is 14.7 Å². The molecule has 7 nitrogen and oxygen atoms in total. The summed E-state index contributed by atoms with van der Waals surface area (Å²) in [5.74, 6) is 0.911. The number of likely N-dealkylation sites (tertiary alicyclic amines) is 1. The zero-order chi connectivity index (χ0) is 24.3. The summed E-state index contributed by atoms with van der Waals surface area (Å²) in [5, 5.41) is 10.6. The van der Waals surface area contributed by atoms with Gasteiger partial charge in [-0.15, -0.1) is 0 Å². The van der Waals surface area contributed by atoms with Gasteiger partial charge in [-0.2, -0.15) is 0 Å². The second-order valence-electron chi connectivity index (χ2n) is 8.88. The standard InChI is InChI=1S/C27H29NO6/c1-4-27(2,3)34-22-11-10-19-24(31)23-20(30)8-7-9-21(23)33-25(19)26(22)32-17-6-5-14-28-15-12-18(29)13-16-28/h4-11,30H,1,12-17H2,2-3H3/b6-5+. The number of benzene rings is 2. The third kappa shape index (κ3) is 4.99. The van der Waals surface area contributed by atoms with Crippen LogP contribution in [0.3, 0.4) is 0 Å². The minimum Gasteiger partial charge on any atom is -0.507 e. The van der Waals surface area contributed by atoms with E-state index in [-0.39, 0.29) is 39.7 Å². The van der Waals surface area contributed by atoms with Crippen molar-refractivity contribution in [3.8, 4) is 17.2 Å². The van der Waals surface area contributed by atoms with Crippen molar-refractivity contribution in [2.24, 2.45) is 0 Å². The van der Waals surface area contributed by atoms with Crippen LogP contribution >= 0.6 is 0 Å². The molecular weight excluding hydrogens is 434 g/mol. The fraction of sp³-hybridized carbons (Fsp3) is 0.333. The normalized spacial score (nSPS) is 15.3. The van der Waals surface area contributed by atoms with E-state index in [0.29, 0.717) is 30.1 Å². The minimum atomic E-state index is -0.678. The van der Waals surface area contributed by atoms with E-state index in [0.717, 1.165) is 19.6 Å². The van der Waals surface area contributed by atoms with Gasteiger partial charge in [0.1, 0.15) is 34.7 Å². The van der Waals surface area contributed by atoms with E-state index in [4.69, 9.17) is 13.9 Å². The number of nitrogens with zero attached hydrogens (tertiary/aromatic N) is 1. The quantitative estimate of drug-likeness (QED) is 0.386. The molecule has 4 rings (SSSR count). The van der Waals surface area contributed by atoms with Crippen LogP contribution in [0.4, 0.5) is 0 Å². The number of piperidine rings is 1. The second kappa shape index (κ2) is 9.73. The number of carbonyl (C=O) groups is 1. The third-order valence-electron chi connectivity index (χ3n) is 5.90. The molecule has 0 radical (unpaired) electrons. The molecule has 1 aliphatic rings. The highest BCUT2D eigenvalue weighted by atomic mass is 16.5. The summed E-state index contributed by atoms with van der Waals surface area (Å²) >= 11 is 0. The summed E-state index contributed by atoms with van der Waals surface area (Å²) in [6, 6.07) is 7.98. The SMILES string of the molecule is C=CC(C)(C)Oc1ccc2c(=O)c3c(O)cccc3oc2c1OC/C=C/CN1CCC(=O)CC1. The van der Waals surface area contributed by atoms with Crippen molar-refractivity contribution in [1.29, 1.82) is 0 Å². The first-order chi connectivity index (χ1) is 16.3. The van der Waals surface area contributed by atoms with Crippen LogP contribution in [0, 0.1) is 0 Å². The lowest BCUT2D eigenvalue weighted by molar-refractivity contribution is -0.121. The van der Waals surface area contributed by atoms with Crippen molar-refractivity contribution >= 4 is 27.7 Å². The minimum absolute atomic E-state index is 0.126. The molecule has 34 heavy (non-hydrogen) atoms. The van der Waals surface area contributed by atoms with E-state index in [2.05, 4.69) is 11.5 Å². The average molecular weight is 464 g/mol. The average Bonchev–Trinajstić information content (AvgIpc) is 2.81. The van der Waals surface area contributed by atoms with Crippen LogP contribution in [0.25, 0.3) is 21.9 Å². The summed E-state index contributed by atoms with van der Waals surface area (Å²) in [6.07, 6.45) is 6.77. The summed E-state index contributed by atoms with van der Waals surface area (Å²) < 4.78 is 18.2. The maximum Gasteiger partial charge on any atom is 0.205 e. The molecule has 1 aliphatic heterocycles. The van der Waals surface area contributed by atoms with Crippen molar-refractivity contribution in [2.45, 2.75) is 32.3 Å². The van der Waals surface area contributed by atoms with E-state index >= 15 is 0 Å². The molecule has 178 valence electrons. The Morgan fingerprint density at radius 2 is 1.91 bits per heavy atom. The molecule has 0 unspecified atom stereocenters. The first-order valence-corrected chi connectivity index (χ1v) is 11.3. The van der Waals surface area contributed by atoms with Gasteiger partial charge in [-0.1, -0.05) is 24.8 Å². The predicted octanol–water partition coefficient (Wildman–Crippen LogP) is 4.60. The van der Waals surface area contributed by atoms with Gasteiger partial charge in [0, 0.05) is 32.5 Å². The Kier molecular flexibility index (Phi) is 6.75. The van der Waals surface area contributed by atoms with Crippen molar-refractivity contribution in [1.82, 2.24) is 4.90 Å². The number of hydrogen-bond donors (Lipinski definition) is 1. The number of carbonyl (C=O) groups excluding carboxylic acids is 1. The molecule has 3 aromatic rings. The van der Waals surface area contributed by atoms with Crippen LogP contribution in [-0.4, -0.2) is 47.6 Å². The van der Waals surface area contributed by atoms with Gasteiger partial charge < -0.3 is 19.0 Å². The lowest BCUT2D eigenvalue weighted by atomic mass is 10.1. The van der Waals surface area contributed by atoms with Crippen molar-refractivity contribution in [3.63, 3.8) is 0 Å². The maximum absolute atomic E-state index is 13.1. The lowest BCUT2D eigenvalue weighted by Crippen LogP contribution is -2.33. The Bertz CT molecular complexity index is 1310. The molecule has 7 heteroatoms.